The minimum atomic E-state index is -0.726. The lowest BCUT2D eigenvalue weighted by Crippen LogP contribution is -2.47. The van der Waals surface area contributed by atoms with Gasteiger partial charge in [-0.2, -0.15) is 0 Å². The number of benzene rings is 1. The molecule has 1 aliphatic rings. The van der Waals surface area contributed by atoms with Crippen molar-refractivity contribution in [2.75, 3.05) is 5.32 Å². The molecule has 1 fully saturated rings. The first kappa shape index (κ1) is 26.8. The van der Waals surface area contributed by atoms with Crippen LogP contribution in [-0.2, 0) is 7.05 Å². The highest BCUT2D eigenvalue weighted by atomic mass is 127. The van der Waals surface area contributed by atoms with E-state index in [0.29, 0.717) is 23.1 Å². The average molecular weight is 655 g/mol. The zero-order valence-electron chi connectivity index (χ0n) is 20.8. The van der Waals surface area contributed by atoms with Gasteiger partial charge in [0.05, 0.1) is 18.0 Å². The topological polar surface area (TPSA) is 89.7 Å². The Hall–Kier alpha value is -2.81. The Morgan fingerprint density at radius 3 is 2.61 bits per heavy atom. The molecular weight excluding hydrogens is 630 g/mol. The minimum absolute atomic E-state index is 0.00703. The van der Waals surface area contributed by atoms with Crippen LogP contribution >= 0.6 is 30.3 Å². The fraction of sp³-hybridized carbons (Fsp3) is 0.360. The Labute approximate surface area is 233 Å². The summed E-state index contributed by atoms with van der Waals surface area (Å²) in [6, 6.07) is 1.70. The molecule has 0 saturated heterocycles. The molecule has 4 aromatic rings. The number of halogens is 4. The first-order valence-corrected chi connectivity index (χ1v) is 15.2. The molecule has 3 heterocycles. The van der Waals surface area contributed by atoms with Crippen LogP contribution in [0.25, 0.3) is 22.3 Å². The molecule has 8 nitrogen and oxygen atoms in total. The van der Waals surface area contributed by atoms with E-state index in [1.165, 1.54) is 15.2 Å². The second kappa shape index (κ2) is 10.4. The number of nitrogens with one attached hydrogen (secondary N) is 2. The smallest absolute Gasteiger partial charge is 0.271 e. The summed E-state index contributed by atoms with van der Waals surface area (Å²) in [5, 5.41) is 6.54. The van der Waals surface area contributed by atoms with Crippen LogP contribution in [0.4, 0.5) is 19.0 Å². The van der Waals surface area contributed by atoms with E-state index in [1.807, 2.05) is 21.2 Å². The summed E-state index contributed by atoms with van der Waals surface area (Å²) in [5.41, 5.74) is 0.784. The first-order valence-electron chi connectivity index (χ1n) is 11.9. The second-order valence-corrected chi connectivity index (χ2v) is 12.1. The highest BCUT2D eigenvalue weighted by Crippen LogP contribution is 2.38. The third kappa shape index (κ3) is 5.48. The van der Waals surface area contributed by atoms with Crippen molar-refractivity contribution in [3.8, 4) is 11.4 Å². The molecule has 13 heteroatoms. The fourth-order valence-corrected chi connectivity index (χ4v) is 6.54. The van der Waals surface area contributed by atoms with Crippen molar-refractivity contribution < 1.29 is 18.0 Å². The molecule has 0 aliphatic heterocycles. The minimum Gasteiger partial charge on any atom is -0.365 e. The van der Waals surface area contributed by atoms with E-state index in [1.54, 1.807) is 34.3 Å². The summed E-state index contributed by atoms with van der Waals surface area (Å²) in [6.07, 6.45) is 7.92. The zero-order chi connectivity index (χ0) is 27.2. The van der Waals surface area contributed by atoms with E-state index in [2.05, 4.69) is 39.4 Å². The quantitative estimate of drug-likeness (QED) is 0.252. The number of aromatic nitrogens is 5. The number of amides is 1. The van der Waals surface area contributed by atoms with Gasteiger partial charge in [0.1, 0.15) is 11.5 Å². The van der Waals surface area contributed by atoms with Crippen LogP contribution in [0.2, 0.25) is 0 Å². The van der Waals surface area contributed by atoms with Crippen molar-refractivity contribution in [1.29, 1.82) is 0 Å². The second-order valence-electron chi connectivity index (χ2n) is 10.4. The third-order valence-electron chi connectivity index (χ3n) is 6.63. The van der Waals surface area contributed by atoms with E-state index < -0.39 is 17.5 Å². The Bertz CT molecular complexity index is 1520. The molecular formula is C25H25F3IN7OS. The molecule has 2 atom stereocenters. The van der Waals surface area contributed by atoms with Crippen molar-refractivity contribution in [1.82, 2.24) is 28.8 Å². The fourth-order valence-electron chi connectivity index (χ4n) is 5.21. The van der Waals surface area contributed by atoms with Gasteiger partial charge in [-0.05, 0) is 30.7 Å². The predicted octanol–water partition coefficient (Wildman–Crippen LogP) is 5.88. The van der Waals surface area contributed by atoms with E-state index in [4.69, 9.17) is 0 Å². The van der Waals surface area contributed by atoms with Gasteiger partial charge in [0, 0.05) is 78.9 Å². The molecule has 0 radical (unpaired) electrons. The van der Waals surface area contributed by atoms with Crippen molar-refractivity contribution in [2.24, 2.45) is 12.5 Å². The van der Waals surface area contributed by atoms with Crippen LogP contribution in [0.3, 0.4) is 0 Å². The third-order valence-corrected chi connectivity index (χ3v) is 8.33. The molecule has 1 saturated carbocycles. The SMILES string of the molecule is Cn1cnc(C(=O)NC2CC(Nc3nc(-c4cn(SI)c5c(F)cc(F)cc45)ncc3F)CC(C)(C)C2)c1. The van der Waals surface area contributed by atoms with Gasteiger partial charge in [-0.1, -0.05) is 13.8 Å². The summed E-state index contributed by atoms with van der Waals surface area (Å²) in [6.45, 7) is 4.20. The van der Waals surface area contributed by atoms with Crippen LogP contribution in [0.5, 0.6) is 0 Å². The van der Waals surface area contributed by atoms with Crippen molar-refractivity contribution in [3.63, 3.8) is 0 Å². The summed E-state index contributed by atoms with van der Waals surface area (Å²) < 4.78 is 46.8. The van der Waals surface area contributed by atoms with E-state index in [-0.39, 0.29) is 40.6 Å². The van der Waals surface area contributed by atoms with Crippen LogP contribution in [0.15, 0.2) is 37.1 Å². The Balaban J connectivity index is 1.41. The molecule has 200 valence electrons. The molecule has 0 spiro atoms. The van der Waals surface area contributed by atoms with Gasteiger partial charge >= 0.3 is 0 Å². The number of aryl methyl sites for hydroxylation is 1. The van der Waals surface area contributed by atoms with Gasteiger partial charge in [0.15, 0.2) is 23.3 Å². The number of carbonyl (C=O) groups excluding carboxylic acids is 1. The number of anilines is 1. The lowest BCUT2D eigenvalue weighted by molar-refractivity contribution is 0.0892. The summed E-state index contributed by atoms with van der Waals surface area (Å²) in [7, 11) is 3.01. The van der Waals surface area contributed by atoms with Gasteiger partial charge in [-0.3, -0.25) is 8.77 Å². The zero-order valence-corrected chi connectivity index (χ0v) is 23.8. The number of fused-ring (bicyclic) bond motifs is 1. The molecule has 1 aliphatic carbocycles. The molecule has 3 aromatic heterocycles. The maximum atomic E-state index is 14.9. The van der Waals surface area contributed by atoms with E-state index in [0.717, 1.165) is 25.1 Å². The number of rotatable bonds is 6. The molecule has 1 amide bonds. The molecule has 2 unspecified atom stereocenters. The molecule has 5 rings (SSSR count). The van der Waals surface area contributed by atoms with Crippen LogP contribution < -0.4 is 10.6 Å². The van der Waals surface area contributed by atoms with Crippen molar-refractivity contribution in [2.45, 2.75) is 45.2 Å². The molecule has 1 aromatic carbocycles. The maximum Gasteiger partial charge on any atom is 0.271 e. The highest BCUT2D eigenvalue weighted by molar-refractivity contribution is 14.2. The monoisotopic (exact) mass is 655 g/mol. The standard InChI is InChI=1S/C25H25F3IN7OS/c1-25(2)7-14(6-15(8-25)33-24(37)20-11-35(3)12-31-20)32-23-19(28)9-30-22(34-23)17-10-36(38-29)21-16(17)4-13(26)5-18(21)27/h4-5,9-12,14-15H,6-8H2,1-3H3,(H,33,37)(H,30,32,34). The van der Waals surface area contributed by atoms with Crippen molar-refractivity contribution in [3.05, 3.63) is 60.2 Å². The number of imidazole rings is 1. The highest BCUT2D eigenvalue weighted by Gasteiger charge is 2.35. The Morgan fingerprint density at radius 2 is 1.89 bits per heavy atom. The van der Waals surface area contributed by atoms with Crippen LogP contribution in [0, 0.1) is 22.9 Å². The summed E-state index contributed by atoms with van der Waals surface area (Å²) >= 11 is 2.00. The number of carbonyl (C=O) groups is 1. The number of hydrogen-bond donors (Lipinski definition) is 2. The Kier molecular flexibility index (Phi) is 7.33. The van der Waals surface area contributed by atoms with Gasteiger partial charge in [-0.25, -0.2) is 28.1 Å². The number of nitrogens with zero attached hydrogens (tertiary/aromatic N) is 5. The van der Waals surface area contributed by atoms with Gasteiger partial charge in [-0.15, -0.1) is 0 Å². The maximum absolute atomic E-state index is 14.9. The average Bonchev–Trinajstić information content (AvgIpc) is 3.43. The van der Waals surface area contributed by atoms with E-state index in [9.17, 15) is 18.0 Å². The lowest BCUT2D eigenvalue weighted by atomic mass is 9.72. The molecule has 0 bridgehead atoms. The van der Waals surface area contributed by atoms with Crippen LogP contribution in [0.1, 0.15) is 43.6 Å². The first-order chi connectivity index (χ1) is 18.0. The number of hydrogen-bond acceptors (Lipinski definition) is 6. The van der Waals surface area contributed by atoms with Crippen LogP contribution in [-0.4, -0.2) is 41.5 Å². The molecule has 38 heavy (non-hydrogen) atoms. The van der Waals surface area contributed by atoms with Gasteiger partial charge in [0.25, 0.3) is 5.91 Å². The van der Waals surface area contributed by atoms with E-state index >= 15 is 0 Å². The summed E-state index contributed by atoms with van der Waals surface area (Å²) in [5.74, 6) is -2.20. The summed E-state index contributed by atoms with van der Waals surface area (Å²) in [4.78, 5) is 25.3. The largest absolute Gasteiger partial charge is 0.365 e. The molecule has 2 N–H and O–H groups in total. The Morgan fingerprint density at radius 1 is 1.13 bits per heavy atom. The van der Waals surface area contributed by atoms with Gasteiger partial charge < -0.3 is 15.2 Å². The predicted molar refractivity (Wildman–Crippen MR) is 149 cm³/mol. The van der Waals surface area contributed by atoms with Gasteiger partial charge in [0.2, 0.25) is 0 Å². The lowest BCUT2D eigenvalue weighted by Gasteiger charge is -2.40. The normalized spacial score (nSPS) is 19.0. The van der Waals surface area contributed by atoms with Crippen molar-refractivity contribution >= 4 is 53.0 Å².